The first-order chi connectivity index (χ1) is 21.9. The number of nitrogens with zero attached hydrogens (tertiary/aromatic N) is 4. The van der Waals surface area contributed by atoms with Crippen LogP contribution in [0.5, 0.6) is 23.0 Å². The Bertz CT molecular complexity index is 2300. The van der Waals surface area contributed by atoms with Crippen molar-refractivity contribution in [2.24, 2.45) is 0 Å². The van der Waals surface area contributed by atoms with Crippen molar-refractivity contribution in [2.45, 2.75) is 6.42 Å². The van der Waals surface area contributed by atoms with Crippen LogP contribution in [0.1, 0.15) is 33.4 Å². The molecular formula is C35H16N4O6. The fraction of sp³-hybridized carbons (Fsp3) is 0.0286. The summed E-state index contributed by atoms with van der Waals surface area (Å²) in [6.07, 6.45) is -0.353. The van der Waals surface area contributed by atoms with Gasteiger partial charge in [-0.05, 0) is 60.7 Å². The average Bonchev–Trinajstić information content (AvgIpc) is 3.07. The number of rotatable bonds is 6. The van der Waals surface area contributed by atoms with Gasteiger partial charge in [0.25, 0.3) is 0 Å². The summed E-state index contributed by atoms with van der Waals surface area (Å²) in [5.74, 6) is 0.482. The lowest BCUT2D eigenvalue weighted by molar-refractivity contribution is 0.456. The highest BCUT2D eigenvalue weighted by Crippen LogP contribution is 2.37. The van der Waals surface area contributed by atoms with Gasteiger partial charge in [0.1, 0.15) is 58.4 Å². The molecule has 0 spiro atoms. The van der Waals surface area contributed by atoms with Crippen LogP contribution in [-0.2, 0) is 6.42 Å². The zero-order valence-electron chi connectivity index (χ0n) is 23.0. The molecule has 0 saturated heterocycles. The van der Waals surface area contributed by atoms with E-state index >= 15 is 0 Å². The number of nitriles is 4. The molecule has 0 saturated carbocycles. The molecule has 4 aromatic carbocycles. The molecule has 6 rings (SSSR count). The monoisotopic (exact) mass is 588 g/mol. The minimum atomic E-state index is -0.790. The van der Waals surface area contributed by atoms with E-state index in [1.807, 2.05) is 24.3 Å². The maximum absolute atomic E-state index is 13.5. The molecule has 0 fully saturated rings. The zero-order valence-corrected chi connectivity index (χ0v) is 23.0. The minimum absolute atomic E-state index is 0.0402. The summed E-state index contributed by atoms with van der Waals surface area (Å²) in [7, 11) is 0. The summed E-state index contributed by atoms with van der Waals surface area (Å²) >= 11 is 0. The second-order valence-corrected chi connectivity index (χ2v) is 9.63. The second kappa shape index (κ2) is 11.6. The molecule has 2 aromatic heterocycles. The minimum Gasteiger partial charge on any atom is -0.456 e. The molecule has 0 aliphatic rings. The van der Waals surface area contributed by atoms with E-state index in [9.17, 15) is 30.6 Å². The Hall–Kier alpha value is -7.14. The van der Waals surface area contributed by atoms with Crippen LogP contribution < -0.4 is 20.7 Å². The van der Waals surface area contributed by atoms with Gasteiger partial charge < -0.3 is 18.3 Å². The highest BCUT2D eigenvalue weighted by Gasteiger charge is 2.24. The van der Waals surface area contributed by atoms with Gasteiger partial charge in [0.15, 0.2) is 0 Å². The van der Waals surface area contributed by atoms with Gasteiger partial charge in [0.05, 0.1) is 44.2 Å². The first-order valence-corrected chi connectivity index (χ1v) is 13.3. The molecule has 2 heterocycles. The van der Waals surface area contributed by atoms with Gasteiger partial charge in [-0.15, -0.1) is 0 Å². The van der Waals surface area contributed by atoms with Gasteiger partial charge in [-0.3, -0.25) is 0 Å². The first kappa shape index (κ1) is 28.0. The SMILES string of the molecule is N#Cc1ccc(Oc2c(Cc3c(Oc4ccc(C#N)c(C#N)c4)c4ccccc4oc3=O)c(=O)oc3ccccc23)cc1C#N. The average molecular weight is 589 g/mol. The van der Waals surface area contributed by atoms with E-state index in [1.54, 1.807) is 48.5 Å². The van der Waals surface area contributed by atoms with Crippen molar-refractivity contribution >= 4 is 21.9 Å². The fourth-order valence-electron chi connectivity index (χ4n) is 4.82. The van der Waals surface area contributed by atoms with E-state index in [0.717, 1.165) is 0 Å². The molecule has 0 radical (unpaired) electrons. The Balaban J connectivity index is 1.55. The Morgan fingerprint density at radius 3 is 1.33 bits per heavy atom. The number of para-hydroxylation sites is 2. The molecule has 0 atom stereocenters. The molecule has 0 unspecified atom stereocenters. The molecule has 0 aliphatic heterocycles. The van der Waals surface area contributed by atoms with E-state index in [0.29, 0.717) is 10.8 Å². The Kier molecular flexibility index (Phi) is 7.23. The van der Waals surface area contributed by atoms with Crippen LogP contribution in [0.3, 0.4) is 0 Å². The van der Waals surface area contributed by atoms with Gasteiger partial charge >= 0.3 is 11.3 Å². The van der Waals surface area contributed by atoms with Gasteiger partial charge in [0, 0.05) is 6.42 Å². The summed E-state index contributed by atoms with van der Waals surface area (Å²) in [6, 6.07) is 29.7. The van der Waals surface area contributed by atoms with E-state index in [2.05, 4.69) is 0 Å². The summed E-state index contributed by atoms with van der Waals surface area (Å²) in [5.41, 5.74) is -0.757. The van der Waals surface area contributed by atoms with Gasteiger partial charge in [0.2, 0.25) is 0 Å². The van der Waals surface area contributed by atoms with E-state index in [1.165, 1.54) is 36.4 Å². The third-order valence-corrected chi connectivity index (χ3v) is 6.97. The summed E-state index contributed by atoms with van der Waals surface area (Å²) < 4.78 is 23.6. The van der Waals surface area contributed by atoms with Crippen LogP contribution in [-0.4, -0.2) is 0 Å². The molecule has 10 nitrogen and oxygen atoms in total. The largest absolute Gasteiger partial charge is 0.456 e. The summed E-state index contributed by atoms with van der Waals surface area (Å²) in [6.45, 7) is 0. The van der Waals surface area contributed by atoms with Crippen molar-refractivity contribution in [3.05, 3.63) is 139 Å². The van der Waals surface area contributed by atoms with Crippen LogP contribution >= 0.6 is 0 Å². The number of hydrogen-bond acceptors (Lipinski definition) is 10. The van der Waals surface area contributed by atoms with Crippen molar-refractivity contribution < 1.29 is 18.3 Å². The first-order valence-electron chi connectivity index (χ1n) is 13.3. The topological polar surface area (TPSA) is 174 Å². The predicted molar refractivity (Wildman–Crippen MR) is 160 cm³/mol. The van der Waals surface area contributed by atoms with E-state index in [-0.39, 0.29) is 74.0 Å². The molecule has 0 N–H and O–H groups in total. The van der Waals surface area contributed by atoms with Gasteiger partial charge in [-0.1, -0.05) is 24.3 Å². The van der Waals surface area contributed by atoms with Gasteiger partial charge in [-0.25, -0.2) is 9.59 Å². The number of hydrogen-bond donors (Lipinski definition) is 0. The number of ether oxygens (including phenoxy) is 2. The molecule has 45 heavy (non-hydrogen) atoms. The molecular weight excluding hydrogens is 572 g/mol. The van der Waals surface area contributed by atoms with Crippen molar-refractivity contribution in [2.75, 3.05) is 0 Å². The molecule has 0 aliphatic carbocycles. The lowest BCUT2D eigenvalue weighted by Gasteiger charge is -2.16. The molecule has 10 heteroatoms. The smallest absolute Gasteiger partial charge is 0.343 e. The Morgan fingerprint density at radius 2 is 0.933 bits per heavy atom. The third-order valence-electron chi connectivity index (χ3n) is 6.97. The Labute approximate surface area is 254 Å². The summed E-state index contributed by atoms with van der Waals surface area (Å²) in [4.78, 5) is 27.0. The molecule has 6 aromatic rings. The molecule has 0 bridgehead atoms. The lowest BCUT2D eigenvalue weighted by atomic mass is 10.0. The van der Waals surface area contributed by atoms with Crippen molar-refractivity contribution in [3.63, 3.8) is 0 Å². The Morgan fingerprint density at radius 1 is 0.533 bits per heavy atom. The van der Waals surface area contributed by atoms with Crippen LogP contribution in [0.4, 0.5) is 0 Å². The maximum atomic E-state index is 13.5. The van der Waals surface area contributed by atoms with Crippen LogP contribution in [0.2, 0.25) is 0 Å². The van der Waals surface area contributed by atoms with E-state index in [4.69, 9.17) is 18.3 Å². The van der Waals surface area contributed by atoms with E-state index < -0.39 is 11.3 Å². The second-order valence-electron chi connectivity index (χ2n) is 9.63. The highest BCUT2D eigenvalue weighted by molar-refractivity contribution is 5.87. The summed E-state index contributed by atoms with van der Waals surface area (Å²) in [5, 5.41) is 38.5. The maximum Gasteiger partial charge on any atom is 0.343 e. The third kappa shape index (κ3) is 5.19. The lowest BCUT2D eigenvalue weighted by Crippen LogP contribution is -2.16. The van der Waals surface area contributed by atoms with Gasteiger partial charge in [-0.2, -0.15) is 21.0 Å². The standard InChI is InChI=1S/C35H16N4O6/c36-16-20-9-11-24(13-22(20)18-38)42-32-26-5-1-3-7-30(26)44-34(40)28(32)15-29-33(27-6-2-4-8-31(27)45-35(29)41)43-25-12-10-21(17-37)23(14-25)19-39/h1-14H,15H2. The van der Waals surface area contributed by atoms with Crippen LogP contribution in [0.25, 0.3) is 21.9 Å². The van der Waals surface area contributed by atoms with Crippen LogP contribution in [0, 0.1) is 45.3 Å². The van der Waals surface area contributed by atoms with Crippen molar-refractivity contribution in [1.82, 2.24) is 0 Å². The molecule has 212 valence electrons. The fourth-order valence-corrected chi connectivity index (χ4v) is 4.82. The predicted octanol–water partition coefficient (Wildman–Crippen LogP) is 6.56. The van der Waals surface area contributed by atoms with Crippen molar-refractivity contribution in [3.8, 4) is 47.3 Å². The quantitative estimate of drug-likeness (QED) is 0.194. The zero-order chi connectivity index (χ0) is 31.5. The highest BCUT2D eigenvalue weighted by atomic mass is 16.5. The molecule has 0 amide bonds. The normalized spacial score (nSPS) is 10.4. The van der Waals surface area contributed by atoms with Crippen LogP contribution in [0.15, 0.2) is 103 Å². The number of fused-ring (bicyclic) bond motifs is 2. The van der Waals surface area contributed by atoms with Crippen molar-refractivity contribution in [1.29, 1.82) is 21.0 Å². The number of benzene rings is 4.